The Balaban J connectivity index is 1.73. The summed E-state index contributed by atoms with van der Waals surface area (Å²) < 4.78 is 5.35. The van der Waals surface area contributed by atoms with Crippen molar-refractivity contribution in [2.75, 3.05) is 25.1 Å². The Morgan fingerprint density at radius 1 is 1.44 bits per heavy atom. The van der Waals surface area contributed by atoms with E-state index in [-0.39, 0.29) is 0 Å². The van der Waals surface area contributed by atoms with Crippen LogP contribution < -0.4 is 5.32 Å². The number of ether oxygens (including phenoxy) is 1. The van der Waals surface area contributed by atoms with Gasteiger partial charge in [-0.05, 0) is 24.7 Å². The molecule has 2 heterocycles. The molecule has 1 aliphatic heterocycles. The molecule has 1 atom stereocenters. The molecule has 18 heavy (non-hydrogen) atoms. The van der Waals surface area contributed by atoms with E-state index in [1.54, 1.807) is 0 Å². The Kier molecular flexibility index (Phi) is 4.22. The summed E-state index contributed by atoms with van der Waals surface area (Å²) in [4.78, 5) is 4.47. The molecule has 0 aromatic carbocycles. The van der Waals surface area contributed by atoms with Crippen LogP contribution >= 0.6 is 0 Å². The topological polar surface area (TPSA) is 62.8 Å². The van der Waals surface area contributed by atoms with Gasteiger partial charge in [-0.3, -0.25) is 5.10 Å². The maximum Gasteiger partial charge on any atom is 0.242 e. The van der Waals surface area contributed by atoms with E-state index in [9.17, 15) is 0 Å². The third-order valence-corrected chi connectivity index (χ3v) is 3.21. The highest BCUT2D eigenvalue weighted by Gasteiger charge is 2.21. The van der Waals surface area contributed by atoms with Crippen LogP contribution in [-0.4, -0.2) is 34.9 Å². The first-order valence-electron chi connectivity index (χ1n) is 6.78. The van der Waals surface area contributed by atoms with Gasteiger partial charge in [-0.25, -0.2) is 0 Å². The number of hydrogen-bond donors (Lipinski definition) is 2. The molecule has 2 rings (SSSR count). The van der Waals surface area contributed by atoms with Gasteiger partial charge in [0.25, 0.3) is 0 Å². The van der Waals surface area contributed by atoms with Crippen molar-refractivity contribution in [3.05, 3.63) is 5.82 Å². The normalized spacial score (nSPS) is 20.3. The maximum atomic E-state index is 5.35. The summed E-state index contributed by atoms with van der Waals surface area (Å²) in [7, 11) is 0. The van der Waals surface area contributed by atoms with Gasteiger partial charge in [-0.2, -0.15) is 4.98 Å². The maximum absolute atomic E-state index is 5.35. The molecule has 2 N–H and O–H groups in total. The molecule has 1 aliphatic rings. The van der Waals surface area contributed by atoms with Crippen molar-refractivity contribution in [2.24, 2.45) is 5.41 Å². The average molecular weight is 252 g/mol. The van der Waals surface area contributed by atoms with Crippen LogP contribution in [0.3, 0.4) is 0 Å². The fraction of sp³-hybridized carbons (Fsp3) is 0.846. The quantitative estimate of drug-likeness (QED) is 0.791. The minimum atomic E-state index is 0.391. The third kappa shape index (κ3) is 3.98. The Labute approximate surface area is 109 Å². The zero-order valence-electron chi connectivity index (χ0n) is 11.6. The first kappa shape index (κ1) is 13.3. The van der Waals surface area contributed by atoms with Gasteiger partial charge in [0.1, 0.15) is 5.82 Å². The number of H-pyrrole nitrogens is 1. The van der Waals surface area contributed by atoms with Crippen molar-refractivity contribution < 1.29 is 4.74 Å². The molecule has 0 saturated carbocycles. The summed E-state index contributed by atoms with van der Waals surface area (Å²) in [5, 5.41) is 10.5. The minimum absolute atomic E-state index is 0.391. The van der Waals surface area contributed by atoms with Gasteiger partial charge in [0.15, 0.2) is 0 Å². The second-order valence-corrected chi connectivity index (χ2v) is 6.20. The fourth-order valence-corrected chi connectivity index (χ4v) is 2.11. The van der Waals surface area contributed by atoms with Gasteiger partial charge in [-0.1, -0.05) is 20.8 Å². The molecular formula is C13H24N4O. The molecule has 0 amide bonds. The molecule has 1 saturated heterocycles. The lowest BCUT2D eigenvalue weighted by atomic mass is 9.91. The first-order chi connectivity index (χ1) is 8.54. The molecule has 0 aliphatic carbocycles. The summed E-state index contributed by atoms with van der Waals surface area (Å²) >= 11 is 0. The van der Waals surface area contributed by atoms with Crippen LogP contribution in [0.5, 0.6) is 0 Å². The predicted octanol–water partition coefficient (Wildman–Crippen LogP) is 2.55. The molecule has 0 radical (unpaired) electrons. The number of anilines is 1. The lowest BCUT2D eigenvalue weighted by Gasteiger charge is -2.17. The molecule has 0 spiro atoms. The van der Waals surface area contributed by atoms with Gasteiger partial charge in [0.2, 0.25) is 5.95 Å². The van der Waals surface area contributed by atoms with Crippen molar-refractivity contribution in [1.82, 2.24) is 15.2 Å². The average Bonchev–Trinajstić information content (AvgIpc) is 2.93. The molecule has 5 nitrogen and oxygen atoms in total. The van der Waals surface area contributed by atoms with Gasteiger partial charge in [0, 0.05) is 19.1 Å². The Bertz CT molecular complexity index is 363. The van der Waals surface area contributed by atoms with Crippen LogP contribution in [0, 0.1) is 5.41 Å². The van der Waals surface area contributed by atoms with E-state index in [1.165, 1.54) is 6.42 Å². The molecule has 102 valence electrons. The summed E-state index contributed by atoms with van der Waals surface area (Å²) in [5.74, 6) is 2.05. The number of hydrogen-bond acceptors (Lipinski definition) is 4. The molecule has 5 heteroatoms. The molecular weight excluding hydrogens is 228 g/mol. The summed E-state index contributed by atoms with van der Waals surface area (Å²) in [6.45, 7) is 9.31. The second kappa shape index (κ2) is 5.69. The Hall–Kier alpha value is -1.10. The number of rotatable bonds is 5. The SMILES string of the molecule is CC(C)(C)CCCNc1n[nH]c(C2CCOC2)n1. The van der Waals surface area contributed by atoms with Gasteiger partial charge in [-0.15, -0.1) is 5.10 Å². The Morgan fingerprint density at radius 3 is 2.94 bits per heavy atom. The predicted molar refractivity (Wildman–Crippen MR) is 71.7 cm³/mol. The first-order valence-corrected chi connectivity index (χ1v) is 6.78. The van der Waals surface area contributed by atoms with E-state index in [2.05, 4.69) is 41.3 Å². The van der Waals surface area contributed by atoms with E-state index >= 15 is 0 Å². The van der Waals surface area contributed by atoms with Crippen molar-refractivity contribution in [2.45, 2.75) is 46.0 Å². The van der Waals surface area contributed by atoms with Gasteiger partial charge >= 0.3 is 0 Å². The lowest BCUT2D eigenvalue weighted by molar-refractivity contribution is 0.193. The molecule has 1 aromatic rings. The summed E-state index contributed by atoms with van der Waals surface area (Å²) in [6, 6.07) is 0. The lowest BCUT2D eigenvalue weighted by Crippen LogP contribution is -2.10. The van der Waals surface area contributed by atoms with E-state index in [1.807, 2.05) is 0 Å². The van der Waals surface area contributed by atoms with E-state index < -0.39 is 0 Å². The molecule has 1 unspecified atom stereocenters. The molecule has 1 fully saturated rings. The number of nitrogens with one attached hydrogen (secondary N) is 2. The highest BCUT2D eigenvalue weighted by molar-refractivity contribution is 5.23. The van der Waals surface area contributed by atoms with E-state index in [0.717, 1.165) is 38.4 Å². The van der Waals surface area contributed by atoms with Crippen molar-refractivity contribution in [3.63, 3.8) is 0 Å². The van der Waals surface area contributed by atoms with Crippen LogP contribution in [-0.2, 0) is 4.74 Å². The number of aromatic amines is 1. The van der Waals surface area contributed by atoms with Crippen LogP contribution in [0.4, 0.5) is 5.95 Å². The largest absolute Gasteiger partial charge is 0.381 e. The van der Waals surface area contributed by atoms with Gasteiger partial charge < -0.3 is 10.1 Å². The summed E-state index contributed by atoms with van der Waals surface area (Å²) in [5.41, 5.74) is 0.396. The van der Waals surface area contributed by atoms with E-state index in [4.69, 9.17) is 4.74 Å². The van der Waals surface area contributed by atoms with Crippen LogP contribution in [0.2, 0.25) is 0 Å². The molecule has 1 aromatic heterocycles. The fourth-order valence-electron chi connectivity index (χ4n) is 2.11. The zero-order chi connectivity index (χ0) is 13.0. The highest BCUT2D eigenvalue weighted by Crippen LogP contribution is 2.23. The number of nitrogens with zero attached hydrogens (tertiary/aromatic N) is 2. The van der Waals surface area contributed by atoms with Crippen molar-refractivity contribution in [1.29, 1.82) is 0 Å². The third-order valence-electron chi connectivity index (χ3n) is 3.21. The van der Waals surface area contributed by atoms with Gasteiger partial charge in [0.05, 0.1) is 6.61 Å². The van der Waals surface area contributed by atoms with Crippen molar-refractivity contribution >= 4 is 5.95 Å². The van der Waals surface area contributed by atoms with Crippen LogP contribution in [0.25, 0.3) is 0 Å². The standard InChI is InChI=1S/C13H24N4O/c1-13(2,3)6-4-7-14-12-15-11(16-17-12)10-5-8-18-9-10/h10H,4-9H2,1-3H3,(H2,14,15,16,17). The van der Waals surface area contributed by atoms with Crippen LogP contribution in [0.15, 0.2) is 0 Å². The molecule has 0 bridgehead atoms. The Morgan fingerprint density at radius 2 is 2.28 bits per heavy atom. The van der Waals surface area contributed by atoms with Crippen LogP contribution in [0.1, 0.15) is 51.8 Å². The second-order valence-electron chi connectivity index (χ2n) is 6.20. The monoisotopic (exact) mass is 252 g/mol. The highest BCUT2D eigenvalue weighted by atomic mass is 16.5. The minimum Gasteiger partial charge on any atom is -0.381 e. The summed E-state index contributed by atoms with van der Waals surface area (Å²) in [6.07, 6.45) is 3.38. The zero-order valence-corrected chi connectivity index (χ0v) is 11.6. The van der Waals surface area contributed by atoms with E-state index in [0.29, 0.717) is 17.3 Å². The van der Waals surface area contributed by atoms with Crippen molar-refractivity contribution in [3.8, 4) is 0 Å². The smallest absolute Gasteiger partial charge is 0.242 e. The number of aromatic nitrogens is 3.